The predicted octanol–water partition coefficient (Wildman–Crippen LogP) is 7.86. The van der Waals surface area contributed by atoms with Gasteiger partial charge in [-0.1, -0.05) is 79.5 Å². The molecule has 0 saturated heterocycles. The van der Waals surface area contributed by atoms with Crippen LogP contribution in [0.25, 0.3) is 16.7 Å². The van der Waals surface area contributed by atoms with E-state index in [0.29, 0.717) is 10.9 Å². The number of benzene rings is 2. The number of aryl methyl sites for hydroxylation is 3. The monoisotopic (exact) mass is 503 g/mol. The lowest BCUT2D eigenvalue weighted by molar-refractivity contribution is 0.590. The highest BCUT2D eigenvalue weighted by molar-refractivity contribution is 7.89. The van der Waals surface area contributed by atoms with Gasteiger partial charge in [0.25, 0.3) is 10.0 Å². The minimum Gasteiger partial charge on any atom is -0.286 e. The van der Waals surface area contributed by atoms with E-state index in [4.69, 9.17) is 11.6 Å². The smallest absolute Gasteiger partial charge is 0.261 e. The van der Waals surface area contributed by atoms with Crippen molar-refractivity contribution < 1.29 is 8.42 Å². The third-order valence-electron chi connectivity index (χ3n) is 6.36. The fourth-order valence-electron chi connectivity index (χ4n) is 4.28. The Hall–Kier alpha value is -3.08. The van der Waals surface area contributed by atoms with Gasteiger partial charge in [0.05, 0.1) is 4.90 Å². The molecule has 0 saturated carbocycles. The lowest BCUT2D eigenvalue weighted by atomic mass is 9.94. The second kappa shape index (κ2) is 9.88. The molecular weight excluding hydrogens is 474 g/mol. The van der Waals surface area contributed by atoms with Crippen LogP contribution in [0.2, 0.25) is 5.02 Å². The highest BCUT2D eigenvalue weighted by Crippen LogP contribution is 2.41. The summed E-state index contributed by atoms with van der Waals surface area (Å²) in [4.78, 5) is 0.225. The van der Waals surface area contributed by atoms with Crippen LogP contribution >= 0.6 is 11.6 Å². The van der Waals surface area contributed by atoms with Crippen molar-refractivity contribution in [3.63, 3.8) is 0 Å². The van der Waals surface area contributed by atoms with E-state index in [2.05, 4.69) is 56.7 Å². The number of halogens is 1. The second-order valence-electron chi connectivity index (χ2n) is 9.34. The molecule has 35 heavy (non-hydrogen) atoms. The van der Waals surface area contributed by atoms with Gasteiger partial charge in [0.2, 0.25) is 0 Å². The van der Waals surface area contributed by atoms with Crippen LogP contribution in [-0.2, 0) is 10.0 Å². The second-order valence-corrected chi connectivity index (χ2v) is 11.5. The summed E-state index contributed by atoms with van der Waals surface area (Å²) in [6.07, 6.45) is 1.60. The Balaban J connectivity index is 1.89. The lowest BCUT2D eigenvalue weighted by Gasteiger charge is -2.13. The Morgan fingerprint density at radius 3 is 2.14 bits per heavy atom. The third kappa shape index (κ3) is 5.29. The summed E-state index contributed by atoms with van der Waals surface area (Å²) in [6.45, 7) is 10.5. The van der Waals surface area contributed by atoms with Crippen LogP contribution in [0.15, 0.2) is 83.9 Å². The maximum absolute atomic E-state index is 13.1. The molecule has 180 valence electrons. The molecule has 0 unspecified atom stereocenters. The van der Waals surface area contributed by atoms with Crippen molar-refractivity contribution in [2.75, 3.05) is 0 Å². The van der Waals surface area contributed by atoms with Gasteiger partial charge in [-0.2, -0.15) is 0 Å². The highest BCUT2D eigenvalue weighted by Gasteiger charge is 2.21. The number of hydrogen-bond acceptors (Lipinski definition) is 2. The number of nitrogens with one attached hydrogen (secondary N) is 1. The van der Waals surface area contributed by atoms with E-state index >= 15 is 0 Å². The first kappa shape index (κ1) is 25.0. The van der Waals surface area contributed by atoms with Gasteiger partial charge >= 0.3 is 0 Å². The van der Waals surface area contributed by atoms with Crippen molar-refractivity contribution in [2.45, 2.75) is 45.4 Å². The Morgan fingerprint density at radius 2 is 1.51 bits per heavy atom. The molecule has 0 aliphatic heterocycles. The fourth-order valence-corrected chi connectivity index (χ4v) is 5.31. The number of sulfonamides is 1. The first-order valence-electron chi connectivity index (χ1n) is 11.7. The molecule has 1 N–H and O–H groups in total. The summed E-state index contributed by atoms with van der Waals surface area (Å²) in [5.74, 6) is 0.398. The summed E-state index contributed by atoms with van der Waals surface area (Å²) in [5.41, 5.74) is 9.49. The molecule has 0 amide bonds. The van der Waals surface area contributed by atoms with Gasteiger partial charge in [-0.15, -0.1) is 0 Å². The molecule has 4 rings (SSSR count). The molecule has 2 aliphatic carbocycles. The zero-order valence-electron chi connectivity index (χ0n) is 20.7. The summed E-state index contributed by atoms with van der Waals surface area (Å²) < 4.78 is 28.9. The van der Waals surface area contributed by atoms with Crippen LogP contribution < -0.4 is 4.72 Å². The third-order valence-corrected chi connectivity index (χ3v) is 7.93. The van der Waals surface area contributed by atoms with Crippen molar-refractivity contribution in [2.24, 2.45) is 0 Å². The van der Waals surface area contributed by atoms with Crippen molar-refractivity contribution in [3.05, 3.63) is 117 Å². The maximum Gasteiger partial charge on any atom is 0.261 e. The zero-order chi connectivity index (χ0) is 25.3. The molecule has 2 aliphatic rings. The zero-order valence-corrected chi connectivity index (χ0v) is 22.3. The lowest BCUT2D eigenvalue weighted by Crippen LogP contribution is -2.18. The molecule has 0 aromatic heterocycles. The molecule has 0 bridgehead atoms. The van der Waals surface area contributed by atoms with E-state index in [0.717, 1.165) is 39.0 Å². The molecule has 3 nitrogen and oxygen atoms in total. The van der Waals surface area contributed by atoms with Crippen LogP contribution in [0.1, 0.15) is 53.1 Å². The average molecular weight is 504 g/mol. The minimum atomic E-state index is -3.74. The van der Waals surface area contributed by atoms with Crippen LogP contribution in [-0.4, -0.2) is 8.42 Å². The average Bonchev–Trinajstić information content (AvgIpc) is 3.01. The number of hydrogen-bond donors (Lipinski definition) is 1. The van der Waals surface area contributed by atoms with Gasteiger partial charge in [-0.3, -0.25) is 4.72 Å². The van der Waals surface area contributed by atoms with Crippen molar-refractivity contribution in [1.29, 1.82) is 0 Å². The minimum absolute atomic E-state index is 0.225. The molecule has 0 heterocycles. The Labute approximate surface area is 213 Å². The molecule has 5 heteroatoms. The van der Waals surface area contributed by atoms with Gasteiger partial charge in [-0.25, -0.2) is 8.42 Å². The fraction of sp³-hybridized carbons (Fsp3) is 0.200. The molecule has 0 atom stereocenters. The van der Waals surface area contributed by atoms with E-state index in [9.17, 15) is 8.42 Å². The van der Waals surface area contributed by atoms with Crippen LogP contribution in [0.5, 0.6) is 0 Å². The van der Waals surface area contributed by atoms with E-state index < -0.39 is 10.0 Å². The first-order chi connectivity index (χ1) is 16.6. The van der Waals surface area contributed by atoms with Crippen LogP contribution in [0.3, 0.4) is 0 Å². The van der Waals surface area contributed by atoms with Crippen LogP contribution in [0.4, 0.5) is 0 Å². The van der Waals surface area contributed by atoms with E-state index in [1.165, 1.54) is 11.1 Å². The maximum atomic E-state index is 13.1. The molecule has 2 aromatic rings. The van der Waals surface area contributed by atoms with Gasteiger partial charge in [-0.05, 0) is 89.9 Å². The SMILES string of the molecule is Cc1ccc(S(=O)(=O)N/C=C(/c2ccc(Cl)cc2)c2cc(C)c3cc(C(C)C)ccc(C)c2-3)cc1. The van der Waals surface area contributed by atoms with E-state index in [1.54, 1.807) is 30.5 Å². The normalized spacial score (nSPS) is 12.4. The van der Waals surface area contributed by atoms with Gasteiger partial charge in [0, 0.05) is 16.8 Å². The predicted molar refractivity (Wildman–Crippen MR) is 147 cm³/mol. The van der Waals surface area contributed by atoms with Gasteiger partial charge < -0.3 is 0 Å². The standard InChI is InChI=1S/C30H30ClNO2S/c1-19(2)24-9-8-21(4)30-27(17-24)22(5)16-28(30)29(23-10-12-25(31)13-11-23)18-32-35(33,34)26-14-6-20(3)7-15-26/h6-19,32H,1-5H3/b29-18-. The molecule has 0 spiro atoms. The number of rotatable bonds is 6. The van der Waals surface area contributed by atoms with Crippen molar-refractivity contribution in [1.82, 2.24) is 4.72 Å². The summed E-state index contributed by atoms with van der Waals surface area (Å²) >= 11 is 6.16. The summed E-state index contributed by atoms with van der Waals surface area (Å²) in [5, 5.41) is 0.626. The van der Waals surface area contributed by atoms with Crippen molar-refractivity contribution in [3.8, 4) is 11.1 Å². The number of fused-ring (bicyclic) bond motifs is 1. The van der Waals surface area contributed by atoms with Gasteiger partial charge in [0.1, 0.15) is 0 Å². The Kier molecular flexibility index (Phi) is 7.07. The highest BCUT2D eigenvalue weighted by atomic mass is 35.5. The molecule has 0 radical (unpaired) electrons. The largest absolute Gasteiger partial charge is 0.286 e. The van der Waals surface area contributed by atoms with Crippen molar-refractivity contribution >= 4 is 27.2 Å². The Morgan fingerprint density at radius 1 is 0.857 bits per heavy atom. The van der Waals surface area contributed by atoms with E-state index in [1.807, 2.05) is 31.2 Å². The topological polar surface area (TPSA) is 46.2 Å². The molecule has 2 aromatic carbocycles. The molecular formula is C30H30ClNO2S. The Bertz CT molecular complexity index is 1470. The quantitative estimate of drug-likeness (QED) is 0.291. The van der Waals surface area contributed by atoms with Crippen LogP contribution in [0, 0.1) is 20.8 Å². The summed E-state index contributed by atoms with van der Waals surface area (Å²) in [6, 6.07) is 23.0. The summed E-state index contributed by atoms with van der Waals surface area (Å²) in [7, 11) is -3.74. The van der Waals surface area contributed by atoms with E-state index in [-0.39, 0.29) is 4.90 Å². The molecule has 0 fully saturated rings. The van der Waals surface area contributed by atoms with Gasteiger partial charge in [0.15, 0.2) is 0 Å². The first-order valence-corrected chi connectivity index (χ1v) is 13.5.